The molecule has 0 saturated carbocycles. The van der Waals surface area contributed by atoms with Gasteiger partial charge in [-0.05, 0) is 13.5 Å². The summed E-state index contributed by atoms with van der Waals surface area (Å²) in [4.78, 5) is 1.91. The van der Waals surface area contributed by atoms with Crippen molar-refractivity contribution < 1.29 is 4.42 Å². The molecule has 0 spiro atoms. The molecule has 0 fully saturated rings. The molecule has 2 aromatic heterocycles. The van der Waals surface area contributed by atoms with Crippen LogP contribution in [0.2, 0.25) is 0 Å². The fourth-order valence-electron chi connectivity index (χ4n) is 1.84. The molecule has 104 valence electrons. The molecule has 0 bridgehead atoms. The Balaban J connectivity index is 2.01. The zero-order chi connectivity index (χ0) is 13.8. The van der Waals surface area contributed by atoms with Gasteiger partial charge < -0.3 is 14.6 Å². The van der Waals surface area contributed by atoms with Crippen LogP contribution in [0.3, 0.4) is 0 Å². The van der Waals surface area contributed by atoms with Gasteiger partial charge in [0.05, 0.1) is 18.8 Å². The van der Waals surface area contributed by atoms with E-state index in [1.807, 2.05) is 45.2 Å². The largest absolute Gasteiger partial charge is 0.406 e. The second-order valence-corrected chi connectivity index (χ2v) is 4.58. The van der Waals surface area contributed by atoms with Gasteiger partial charge in [-0.3, -0.25) is 4.68 Å². The lowest BCUT2D eigenvalue weighted by molar-refractivity contribution is 0.421. The monoisotopic (exact) mass is 264 g/mol. The topological polar surface area (TPSA) is 72.0 Å². The zero-order valence-electron chi connectivity index (χ0n) is 11.8. The molecule has 0 aliphatic heterocycles. The quantitative estimate of drug-likeness (QED) is 0.842. The summed E-state index contributed by atoms with van der Waals surface area (Å²) in [5, 5.41) is 15.5. The molecule has 0 amide bonds. The third kappa shape index (κ3) is 3.31. The lowest BCUT2D eigenvalue weighted by atomic mass is 10.3. The first-order valence-electron chi connectivity index (χ1n) is 6.35. The van der Waals surface area contributed by atoms with Crippen molar-refractivity contribution in [3.63, 3.8) is 0 Å². The average molecular weight is 264 g/mol. The van der Waals surface area contributed by atoms with Gasteiger partial charge in [0.2, 0.25) is 5.89 Å². The number of nitrogens with zero attached hydrogens (tertiary/aromatic N) is 5. The van der Waals surface area contributed by atoms with Gasteiger partial charge in [-0.15, -0.1) is 5.10 Å². The van der Waals surface area contributed by atoms with Crippen molar-refractivity contribution in [1.29, 1.82) is 0 Å². The minimum atomic E-state index is 0.0676. The average Bonchev–Trinajstić information content (AvgIpc) is 2.98. The van der Waals surface area contributed by atoms with Crippen LogP contribution in [-0.2, 0) is 13.6 Å². The molecular formula is C12H20N6O. The molecule has 7 heteroatoms. The molecule has 2 rings (SSSR count). The number of hydrogen-bond acceptors (Lipinski definition) is 6. The van der Waals surface area contributed by atoms with Crippen LogP contribution in [0, 0.1) is 0 Å². The van der Waals surface area contributed by atoms with Gasteiger partial charge >= 0.3 is 6.01 Å². The highest BCUT2D eigenvalue weighted by Gasteiger charge is 2.15. The van der Waals surface area contributed by atoms with Crippen molar-refractivity contribution in [2.24, 2.45) is 7.05 Å². The Morgan fingerprint density at radius 1 is 1.47 bits per heavy atom. The Hall–Kier alpha value is -1.89. The molecule has 1 unspecified atom stereocenters. The molecule has 2 aromatic rings. The van der Waals surface area contributed by atoms with Crippen molar-refractivity contribution in [1.82, 2.24) is 25.3 Å². The maximum atomic E-state index is 5.65. The summed E-state index contributed by atoms with van der Waals surface area (Å²) in [7, 11) is 3.81. The normalized spacial score (nSPS) is 12.6. The first-order valence-corrected chi connectivity index (χ1v) is 6.35. The van der Waals surface area contributed by atoms with Gasteiger partial charge in [0.1, 0.15) is 0 Å². The van der Waals surface area contributed by atoms with E-state index in [0.717, 1.165) is 12.1 Å². The van der Waals surface area contributed by atoms with Gasteiger partial charge in [0.25, 0.3) is 0 Å². The maximum Gasteiger partial charge on any atom is 0.318 e. The summed E-state index contributed by atoms with van der Waals surface area (Å²) in [5.74, 6) is 0.606. The molecule has 7 nitrogen and oxygen atoms in total. The van der Waals surface area contributed by atoms with Crippen molar-refractivity contribution >= 4 is 6.01 Å². The maximum absolute atomic E-state index is 5.65. The first-order chi connectivity index (χ1) is 9.10. The molecule has 2 heterocycles. The molecule has 1 atom stereocenters. The van der Waals surface area contributed by atoms with Crippen LogP contribution < -0.4 is 10.2 Å². The summed E-state index contributed by atoms with van der Waals surface area (Å²) in [6, 6.07) is 0.585. The minimum Gasteiger partial charge on any atom is -0.406 e. The van der Waals surface area contributed by atoms with Crippen LogP contribution in [0.1, 0.15) is 31.3 Å². The van der Waals surface area contributed by atoms with E-state index in [4.69, 9.17) is 4.42 Å². The first kappa shape index (κ1) is 13.5. The Labute approximate surface area is 112 Å². The second kappa shape index (κ2) is 5.83. The Kier molecular flexibility index (Phi) is 4.16. The van der Waals surface area contributed by atoms with Gasteiger partial charge in [-0.2, -0.15) is 5.10 Å². The van der Waals surface area contributed by atoms with E-state index < -0.39 is 0 Å². The van der Waals surface area contributed by atoms with E-state index in [0.29, 0.717) is 18.5 Å². The van der Waals surface area contributed by atoms with E-state index in [1.54, 1.807) is 4.68 Å². The van der Waals surface area contributed by atoms with Crippen molar-refractivity contribution in [3.05, 3.63) is 23.8 Å². The molecular weight excluding hydrogens is 244 g/mol. The van der Waals surface area contributed by atoms with Crippen LogP contribution in [0.25, 0.3) is 0 Å². The molecule has 1 N–H and O–H groups in total. The highest BCUT2D eigenvalue weighted by Crippen LogP contribution is 2.17. The van der Waals surface area contributed by atoms with E-state index in [-0.39, 0.29) is 6.04 Å². The van der Waals surface area contributed by atoms with Crippen molar-refractivity contribution in [3.8, 4) is 0 Å². The zero-order valence-corrected chi connectivity index (χ0v) is 11.8. The predicted molar refractivity (Wildman–Crippen MR) is 71.7 cm³/mol. The standard InChI is InChI=1S/C12H20N6O/c1-5-13-9(2)11-15-16-12(19-11)17(3)7-10-6-14-18(4)8-10/h6,8-9,13H,5,7H2,1-4H3. The summed E-state index contributed by atoms with van der Waals surface area (Å²) < 4.78 is 7.43. The number of aryl methyl sites for hydroxylation is 1. The minimum absolute atomic E-state index is 0.0676. The predicted octanol–water partition coefficient (Wildman–Crippen LogP) is 1.11. The summed E-state index contributed by atoms with van der Waals surface area (Å²) in [6.45, 7) is 5.60. The fraction of sp³-hybridized carbons (Fsp3) is 0.583. The van der Waals surface area contributed by atoms with Crippen LogP contribution in [0.5, 0.6) is 0 Å². The number of rotatable bonds is 6. The van der Waals surface area contributed by atoms with Gasteiger partial charge in [0, 0.05) is 25.9 Å². The molecule has 0 radical (unpaired) electrons. The van der Waals surface area contributed by atoms with E-state index in [9.17, 15) is 0 Å². The van der Waals surface area contributed by atoms with Gasteiger partial charge in [0.15, 0.2) is 0 Å². The lowest BCUT2D eigenvalue weighted by Gasteiger charge is -2.12. The van der Waals surface area contributed by atoms with E-state index in [2.05, 4.69) is 20.6 Å². The summed E-state index contributed by atoms with van der Waals surface area (Å²) in [5.41, 5.74) is 1.10. The number of nitrogens with one attached hydrogen (secondary N) is 1. The highest BCUT2D eigenvalue weighted by atomic mass is 16.4. The molecule has 0 aromatic carbocycles. The van der Waals surface area contributed by atoms with Crippen LogP contribution in [-0.4, -0.2) is 33.6 Å². The Morgan fingerprint density at radius 2 is 2.26 bits per heavy atom. The summed E-state index contributed by atoms with van der Waals surface area (Å²) in [6.07, 6.45) is 3.80. The number of aromatic nitrogens is 4. The molecule has 0 saturated heterocycles. The SMILES string of the molecule is CCNC(C)c1nnc(N(C)Cc2cnn(C)c2)o1. The van der Waals surface area contributed by atoms with Crippen LogP contribution in [0.4, 0.5) is 6.01 Å². The van der Waals surface area contributed by atoms with Crippen molar-refractivity contribution in [2.75, 3.05) is 18.5 Å². The van der Waals surface area contributed by atoms with E-state index in [1.165, 1.54) is 0 Å². The van der Waals surface area contributed by atoms with Crippen LogP contribution in [0.15, 0.2) is 16.8 Å². The third-order valence-electron chi connectivity index (χ3n) is 2.82. The highest BCUT2D eigenvalue weighted by molar-refractivity contribution is 5.25. The number of hydrogen-bond donors (Lipinski definition) is 1. The van der Waals surface area contributed by atoms with Gasteiger partial charge in [-0.25, -0.2) is 0 Å². The number of anilines is 1. The molecule has 19 heavy (non-hydrogen) atoms. The Bertz CT molecular complexity index is 520. The fourth-order valence-corrected chi connectivity index (χ4v) is 1.84. The Morgan fingerprint density at radius 3 is 2.89 bits per heavy atom. The van der Waals surface area contributed by atoms with E-state index >= 15 is 0 Å². The lowest BCUT2D eigenvalue weighted by Crippen LogP contribution is -2.18. The van der Waals surface area contributed by atoms with Crippen LogP contribution >= 0.6 is 0 Å². The molecule has 0 aliphatic rings. The molecule has 0 aliphatic carbocycles. The third-order valence-corrected chi connectivity index (χ3v) is 2.82. The second-order valence-electron chi connectivity index (χ2n) is 4.58. The van der Waals surface area contributed by atoms with Gasteiger partial charge in [-0.1, -0.05) is 12.0 Å². The van der Waals surface area contributed by atoms with Crippen molar-refractivity contribution in [2.45, 2.75) is 26.4 Å². The summed E-state index contributed by atoms with van der Waals surface area (Å²) >= 11 is 0. The smallest absolute Gasteiger partial charge is 0.318 e.